The van der Waals surface area contributed by atoms with E-state index in [4.69, 9.17) is 23.8 Å². The molecule has 0 saturated heterocycles. The summed E-state index contributed by atoms with van der Waals surface area (Å²) in [6.07, 6.45) is 7.17. The third kappa shape index (κ3) is 4.72. The summed E-state index contributed by atoms with van der Waals surface area (Å²) in [6.45, 7) is 2.08. The monoisotopic (exact) mass is 329 g/mol. The lowest BCUT2D eigenvalue weighted by Gasteiger charge is -2.23. The van der Waals surface area contributed by atoms with Crippen LogP contribution < -0.4 is 10.7 Å². The van der Waals surface area contributed by atoms with Crippen molar-refractivity contribution in [3.63, 3.8) is 0 Å². The molecule has 2 N–H and O–H groups in total. The van der Waals surface area contributed by atoms with Gasteiger partial charge in [-0.3, -0.25) is 5.43 Å². The van der Waals surface area contributed by atoms with Gasteiger partial charge in [-0.1, -0.05) is 37.8 Å². The van der Waals surface area contributed by atoms with E-state index in [-0.39, 0.29) is 0 Å². The van der Waals surface area contributed by atoms with Gasteiger partial charge in [0.15, 0.2) is 5.11 Å². The van der Waals surface area contributed by atoms with Crippen molar-refractivity contribution >= 4 is 46.0 Å². The predicted octanol–water partition coefficient (Wildman–Crippen LogP) is 4.31. The average Bonchev–Trinajstić information content (AvgIpc) is 2.87. The molecule has 20 heavy (non-hydrogen) atoms. The van der Waals surface area contributed by atoms with E-state index in [0.29, 0.717) is 11.2 Å². The molecule has 110 valence electrons. The second kappa shape index (κ2) is 7.96. The topological polar surface area (TPSA) is 36.4 Å². The SMILES string of the molecule is CCC(=NNC(=S)NC1CCCCC1)c1ccc(Cl)s1. The summed E-state index contributed by atoms with van der Waals surface area (Å²) in [4.78, 5) is 1.09. The second-order valence-corrected chi connectivity index (χ2v) is 7.06. The number of nitrogens with zero attached hydrogens (tertiary/aromatic N) is 1. The molecule has 6 heteroatoms. The Morgan fingerprint density at radius 2 is 2.15 bits per heavy atom. The summed E-state index contributed by atoms with van der Waals surface area (Å²) in [5, 5.41) is 8.37. The van der Waals surface area contributed by atoms with Crippen LogP contribution in [-0.4, -0.2) is 16.9 Å². The van der Waals surface area contributed by atoms with Gasteiger partial charge < -0.3 is 5.32 Å². The van der Waals surface area contributed by atoms with Crippen LogP contribution in [0.1, 0.15) is 50.3 Å². The molecule has 1 heterocycles. The molecule has 1 fully saturated rings. The first-order valence-electron chi connectivity index (χ1n) is 7.08. The molecule has 1 aromatic heterocycles. The molecule has 0 bridgehead atoms. The molecule has 1 aliphatic rings. The third-order valence-corrected chi connectivity index (χ3v) is 4.91. The molecule has 0 aromatic carbocycles. The highest BCUT2D eigenvalue weighted by Gasteiger charge is 2.13. The Balaban J connectivity index is 1.87. The minimum absolute atomic E-state index is 0.500. The molecular weight excluding hydrogens is 310 g/mol. The fraction of sp³-hybridized carbons (Fsp3) is 0.571. The zero-order valence-corrected chi connectivity index (χ0v) is 14.0. The molecule has 0 amide bonds. The lowest BCUT2D eigenvalue weighted by atomic mass is 9.96. The van der Waals surface area contributed by atoms with Crippen LogP contribution >= 0.6 is 35.2 Å². The van der Waals surface area contributed by atoms with Gasteiger partial charge in [-0.15, -0.1) is 11.3 Å². The van der Waals surface area contributed by atoms with Gasteiger partial charge in [-0.2, -0.15) is 5.10 Å². The minimum Gasteiger partial charge on any atom is -0.359 e. The summed E-state index contributed by atoms with van der Waals surface area (Å²) in [7, 11) is 0. The first kappa shape index (κ1) is 15.7. The Kier molecular flexibility index (Phi) is 6.26. The molecular formula is C14H20ClN3S2. The number of thiophene rings is 1. The van der Waals surface area contributed by atoms with Crippen LogP contribution in [0.2, 0.25) is 4.34 Å². The zero-order valence-electron chi connectivity index (χ0n) is 11.6. The van der Waals surface area contributed by atoms with Crippen LogP contribution in [0, 0.1) is 0 Å². The Labute approximate surface area is 134 Å². The first-order valence-corrected chi connectivity index (χ1v) is 8.68. The van der Waals surface area contributed by atoms with Gasteiger partial charge in [-0.25, -0.2) is 0 Å². The summed E-state index contributed by atoms with van der Waals surface area (Å²) in [5.41, 5.74) is 3.94. The van der Waals surface area contributed by atoms with E-state index >= 15 is 0 Å². The van der Waals surface area contributed by atoms with Crippen molar-refractivity contribution in [2.45, 2.75) is 51.5 Å². The maximum absolute atomic E-state index is 5.96. The Morgan fingerprint density at radius 3 is 2.75 bits per heavy atom. The van der Waals surface area contributed by atoms with Gasteiger partial charge in [0.1, 0.15) is 0 Å². The number of hydrazone groups is 1. The number of rotatable bonds is 4. The Morgan fingerprint density at radius 1 is 1.40 bits per heavy atom. The fourth-order valence-corrected chi connectivity index (χ4v) is 3.68. The maximum atomic E-state index is 5.96. The van der Waals surface area contributed by atoms with Crippen molar-refractivity contribution in [1.29, 1.82) is 0 Å². The number of hydrogen-bond donors (Lipinski definition) is 2. The average molecular weight is 330 g/mol. The van der Waals surface area contributed by atoms with Crippen LogP contribution in [0.4, 0.5) is 0 Å². The lowest BCUT2D eigenvalue weighted by Crippen LogP contribution is -2.41. The fourth-order valence-electron chi connectivity index (χ4n) is 2.36. The largest absolute Gasteiger partial charge is 0.359 e. The van der Waals surface area contributed by atoms with E-state index in [2.05, 4.69) is 22.8 Å². The zero-order chi connectivity index (χ0) is 14.4. The number of hydrogen-bond acceptors (Lipinski definition) is 3. The van der Waals surface area contributed by atoms with Gasteiger partial charge in [0.2, 0.25) is 0 Å². The molecule has 3 nitrogen and oxygen atoms in total. The van der Waals surface area contributed by atoms with Gasteiger partial charge in [-0.05, 0) is 43.6 Å². The minimum atomic E-state index is 0.500. The van der Waals surface area contributed by atoms with E-state index in [1.54, 1.807) is 0 Å². The van der Waals surface area contributed by atoms with Gasteiger partial charge in [0, 0.05) is 6.04 Å². The van der Waals surface area contributed by atoms with E-state index in [1.807, 2.05) is 12.1 Å². The smallest absolute Gasteiger partial charge is 0.187 e. The van der Waals surface area contributed by atoms with Crippen LogP contribution in [0.3, 0.4) is 0 Å². The molecule has 1 aromatic rings. The standard InChI is InChI=1S/C14H20ClN3S2/c1-2-11(12-8-9-13(15)20-12)17-18-14(19)16-10-6-4-3-5-7-10/h8-10H,2-7H2,1H3,(H2,16,18,19). The molecule has 0 unspecified atom stereocenters. The summed E-state index contributed by atoms with van der Waals surface area (Å²) in [6, 6.07) is 4.39. The highest BCUT2D eigenvalue weighted by molar-refractivity contribution is 7.80. The van der Waals surface area contributed by atoms with Crippen molar-refractivity contribution < 1.29 is 0 Å². The molecule has 0 spiro atoms. The first-order chi connectivity index (χ1) is 9.69. The van der Waals surface area contributed by atoms with Crippen molar-refractivity contribution in [2.75, 3.05) is 0 Å². The maximum Gasteiger partial charge on any atom is 0.187 e. The highest BCUT2D eigenvalue weighted by atomic mass is 35.5. The van der Waals surface area contributed by atoms with Gasteiger partial charge in [0.25, 0.3) is 0 Å². The summed E-state index contributed by atoms with van der Waals surface area (Å²) < 4.78 is 0.782. The van der Waals surface area contributed by atoms with E-state index in [1.165, 1.54) is 43.4 Å². The lowest BCUT2D eigenvalue weighted by molar-refractivity contribution is 0.412. The normalized spacial score (nSPS) is 17.0. The number of thiocarbonyl (C=S) groups is 1. The van der Waals surface area contributed by atoms with Gasteiger partial charge in [0.05, 0.1) is 14.9 Å². The van der Waals surface area contributed by atoms with Crippen molar-refractivity contribution in [2.24, 2.45) is 5.10 Å². The summed E-state index contributed by atoms with van der Waals surface area (Å²) in [5.74, 6) is 0. The van der Waals surface area contributed by atoms with E-state index in [9.17, 15) is 0 Å². The van der Waals surface area contributed by atoms with Crippen LogP contribution in [0.15, 0.2) is 17.2 Å². The van der Waals surface area contributed by atoms with Crippen LogP contribution in [-0.2, 0) is 0 Å². The quantitative estimate of drug-likeness (QED) is 0.491. The molecule has 2 rings (SSSR count). The number of halogens is 1. The molecule has 0 radical (unpaired) electrons. The van der Waals surface area contributed by atoms with Crippen molar-refractivity contribution in [1.82, 2.24) is 10.7 Å². The number of nitrogens with one attached hydrogen (secondary N) is 2. The van der Waals surface area contributed by atoms with Crippen molar-refractivity contribution in [3.05, 3.63) is 21.3 Å². The van der Waals surface area contributed by atoms with E-state index in [0.717, 1.165) is 21.3 Å². The second-order valence-electron chi connectivity index (χ2n) is 4.94. The third-order valence-electron chi connectivity index (χ3n) is 3.43. The van der Waals surface area contributed by atoms with Gasteiger partial charge >= 0.3 is 0 Å². The van der Waals surface area contributed by atoms with Crippen LogP contribution in [0.5, 0.6) is 0 Å². The molecule has 0 atom stereocenters. The Bertz CT molecular complexity index is 479. The van der Waals surface area contributed by atoms with Crippen molar-refractivity contribution in [3.8, 4) is 0 Å². The Hall–Kier alpha value is -0.650. The highest BCUT2D eigenvalue weighted by Crippen LogP contribution is 2.22. The van der Waals surface area contributed by atoms with Crippen LogP contribution in [0.25, 0.3) is 0 Å². The van der Waals surface area contributed by atoms with E-state index < -0.39 is 0 Å². The summed E-state index contributed by atoms with van der Waals surface area (Å²) >= 11 is 12.8. The predicted molar refractivity (Wildman–Crippen MR) is 91.9 cm³/mol. The molecule has 1 saturated carbocycles. The molecule has 1 aliphatic carbocycles. The molecule has 0 aliphatic heterocycles.